The van der Waals surface area contributed by atoms with Crippen molar-refractivity contribution in [2.45, 2.75) is 12.1 Å². The van der Waals surface area contributed by atoms with Crippen LogP contribution in [0.3, 0.4) is 0 Å². The SMILES string of the molecule is N#CC(CO)c1nnc(C(F)(F)F)s1. The molecule has 76 valence electrons. The first kappa shape index (κ1) is 10.9. The van der Waals surface area contributed by atoms with Crippen molar-refractivity contribution in [1.29, 1.82) is 5.26 Å². The molecule has 0 aliphatic rings. The van der Waals surface area contributed by atoms with Crippen LogP contribution in [0.4, 0.5) is 13.2 Å². The van der Waals surface area contributed by atoms with Gasteiger partial charge in [-0.3, -0.25) is 0 Å². The Labute approximate surface area is 80.6 Å². The Bertz CT molecular complexity index is 356. The molecular weight excluding hydrogens is 219 g/mol. The van der Waals surface area contributed by atoms with E-state index < -0.39 is 23.7 Å². The Morgan fingerprint density at radius 1 is 1.50 bits per heavy atom. The van der Waals surface area contributed by atoms with Gasteiger partial charge >= 0.3 is 6.18 Å². The molecule has 4 nitrogen and oxygen atoms in total. The van der Waals surface area contributed by atoms with Crippen molar-refractivity contribution in [3.05, 3.63) is 10.0 Å². The van der Waals surface area contributed by atoms with Crippen LogP contribution in [-0.4, -0.2) is 21.9 Å². The molecular formula is C6H4F3N3OS. The summed E-state index contributed by atoms with van der Waals surface area (Å²) in [7, 11) is 0. The van der Waals surface area contributed by atoms with E-state index in [1.807, 2.05) is 0 Å². The number of aliphatic hydroxyl groups is 1. The molecule has 0 fully saturated rings. The summed E-state index contributed by atoms with van der Waals surface area (Å²) in [6.45, 7) is -0.566. The molecule has 1 aromatic rings. The van der Waals surface area contributed by atoms with Crippen LogP contribution < -0.4 is 0 Å². The minimum atomic E-state index is -4.55. The van der Waals surface area contributed by atoms with Crippen molar-refractivity contribution in [3.63, 3.8) is 0 Å². The third-order valence-electron chi connectivity index (χ3n) is 1.32. The van der Waals surface area contributed by atoms with E-state index >= 15 is 0 Å². The fraction of sp³-hybridized carbons (Fsp3) is 0.500. The van der Waals surface area contributed by atoms with E-state index in [1.54, 1.807) is 6.07 Å². The number of aromatic nitrogens is 2. The Morgan fingerprint density at radius 3 is 2.50 bits per heavy atom. The molecule has 0 saturated carbocycles. The molecule has 0 bridgehead atoms. The summed E-state index contributed by atoms with van der Waals surface area (Å²) in [4.78, 5) is 0. The van der Waals surface area contributed by atoms with Crippen molar-refractivity contribution >= 4 is 11.3 Å². The Morgan fingerprint density at radius 2 is 2.14 bits per heavy atom. The van der Waals surface area contributed by atoms with Crippen molar-refractivity contribution in [2.24, 2.45) is 0 Å². The highest BCUT2D eigenvalue weighted by atomic mass is 32.1. The van der Waals surface area contributed by atoms with E-state index in [9.17, 15) is 13.2 Å². The van der Waals surface area contributed by atoms with Crippen molar-refractivity contribution in [3.8, 4) is 6.07 Å². The highest BCUT2D eigenvalue weighted by Crippen LogP contribution is 2.33. The molecule has 0 aliphatic heterocycles. The van der Waals surface area contributed by atoms with Gasteiger partial charge in [-0.05, 0) is 0 Å². The van der Waals surface area contributed by atoms with E-state index in [0.29, 0.717) is 0 Å². The second kappa shape index (κ2) is 3.89. The Kier molecular flexibility index (Phi) is 3.03. The minimum Gasteiger partial charge on any atom is -0.395 e. The van der Waals surface area contributed by atoms with Crippen molar-refractivity contribution in [2.75, 3.05) is 6.61 Å². The largest absolute Gasteiger partial charge is 0.445 e. The molecule has 8 heteroatoms. The minimum absolute atomic E-state index is 0.123. The van der Waals surface area contributed by atoms with Crippen LogP contribution in [0.15, 0.2) is 0 Å². The lowest BCUT2D eigenvalue weighted by Gasteiger charge is -1.98. The maximum atomic E-state index is 12.0. The van der Waals surface area contributed by atoms with E-state index in [1.165, 1.54) is 0 Å². The van der Waals surface area contributed by atoms with Crippen LogP contribution in [0.1, 0.15) is 15.9 Å². The monoisotopic (exact) mass is 223 g/mol. The second-order valence-corrected chi connectivity index (χ2v) is 3.32. The number of alkyl halides is 3. The first-order chi connectivity index (χ1) is 6.49. The van der Waals surface area contributed by atoms with E-state index in [0.717, 1.165) is 0 Å². The van der Waals surface area contributed by atoms with Gasteiger partial charge in [0.25, 0.3) is 0 Å². The van der Waals surface area contributed by atoms with Gasteiger partial charge in [-0.25, -0.2) is 0 Å². The van der Waals surface area contributed by atoms with Gasteiger partial charge in [0.05, 0.1) is 12.7 Å². The molecule has 1 N–H and O–H groups in total. The number of nitriles is 1. The number of nitrogens with zero attached hydrogens (tertiary/aromatic N) is 3. The number of rotatable bonds is 2. The number of hydrogen-bond donors (Lipinski definition) is 1. The second-order valence-electron chi connectivity index (χ2n) is 2.31. The number of hydrogen-bond acceptors (Lipinski definition) is 5. The molecule has 0 spiro atoms. The Hall–Kier alpha value is -1.20. The molecule has 1 unspecified atom stereocenters. The molecule has 1 rings (SSSR count). The van der Waals surface area contributed by atoms with Gasteiger partial charge in [0, 0.05) is 0 Å². The lowest BCUT2D eigenvalue weighted by Crippen LogP contribution is -2.03. The van der Waals surface area contributed by atoms with Gasteiger partial charge in [-0.2, -0.15) is 18.4 Å². The predicted molar refractivity (Wildman–Crippen MR) is 40.4 cm³/mol. The average Bonchev–Trinajstić information content (AvgIpc) is 2.54. The molecule has 1 atom stereocenters. The smallest absolute Gasteiger partial charge is 0.395 e. The van der Waals surface area contributed by atoms with Gasteiger partial charge in [0.15, 0.2) is 0 Å². The molecule has 0 aromatic carbocycles. The first-order valence-electron chi connectivity index (χ1n) is 3.40. The lowest BCUT2D eigenvalue weighted by atomic mass is 10.2. The lowest BCUT2D eigenvalue weighted by molar-refractivity contribution is -0.138. The summed E-state index contributed by atoms with van der Waals surface area (Å²) < 4.78 is 36.1. The summed E-state index contributed by atoms with van der Waals surface area (Å²) in [5.74, 6) is -1.04. The number of halogens is 3. The normalized spacial score (nSPS) is 13.6. The summed E-state index contributed by atoms with van der Waals surface area (Å²) in [6, 6.07) is 1.62. The van der Waals surface area contributed by atoms with Crippen LogP contribution in [0.2, 0.25) is 0 Å². The summed E-state index contributed by atoms with van der Waals surface area (Å²) in [5, 5.41) is 21.9. The zero-order valence-corrected chi connectivity index (χ0v) is 7.43. The third kappa shape index (κ3) is 2.18. The van der Waals surface area contributed by atoms with Gasteiger partial charge < -0.3 is 5.11 Å². The molecule has 1 heterocycles. The fourth-order valence-corrected chi connectivity index (χ4v) is 1.41. The van der Waals surface area contributed by atoms with Crippen LogP contribution in [-0.2, 0) is 6.18 Å². The van der Waals surface area contributed by atoms with E-state index in [4.69, 9.17) is 10.4 Å². The van der Waals surface area contributed by atoms with Crippen LogP contribution in [0, 0.1) is 11.3 Å². The predicted octanol–water partition coefficient (Wildman–Crippen LogP) is 1.16. The molecule has 0 saturated heterocycles. The van der Waals surface area contributed by atoms with Gasteiger partial charge in [0.1, 0.15) is 10.9 Å². The standard InChI is InChI=1S/C6H4F3N3OS/c7-6(8,9)5-12-11-4(14-5)3(1-10)2-13/h3,13H,2H2. The van der Waals surface area contributed by atoms with Crippen LogP contribution >= 0.6 is 11.3 Å². The molecule has 0 aliphatic carbocycles. The molecule has 1 aromatic heterocycles. The fourth-order valence-electron chi connectivity index (χ4n) is 0.664. The quantitative estimate of drug-likeness (QED) is 0.816. The van der Waals surface area contributed by atoms with Crippen molar-refractivity contribution in [1.82, 2.24) is 10.2 Å². The zero-order chi connectivity index (χ0) is 10.8. The van der Waals surface area contributed by atoms with Crippen LogP contribution in [0.5, 0.6) is 0 Å². The van der Waals surface area contributed by atoms with Gasteiger partial charge in [0.2, 0.25) is 5.01 Å². The maximum Gasteiger partial charge on any atom is 0.445 e. The number of aliphatic hydroxyl groups excluding tert-OH is 1. The van der Waals surface area contributed by atoms with Gasteiger partial charge in [-0.1, -0.05) is 11.3 Å². The zero-order valence-electron chi connectivity index (χ0n) is 6.62. The molecule has 14 heavy (non-hydrogen) atoms. The van der Waals surface area contributed by atoms with E-state index in [2.05, 4.69) is 10.2 Å². The van der Waals surface area contributed by atoms with E-state index in [-0.39, 0.29) is 16.3 Å². The summed E-state index contributed by atoms with van der Waals surface area (Å²) in [5.41, 5.74) is 0. The molecule has 0 radical (unpaired) electrons. The Balaban J connectivity index is 2.94. The molecule has 0 amide bonds. The summed E-state index contributed by atoms with van der Waals surface area (Å²) >= 11 is 0.267. The topological polar surface area (TPSA) is 69.8 Å². The highest BCUT2D eigenvalue weighted by Gasteiger charge is 2.36. The maximum absolute atomic E-state index is 12.0. The first-order valence-corrected chi connectivity index (χ1v) is 4.21. The average molecular weight is 223 g/mol. The van der Waals surface area contributed by atoms with Crippen molar-refractivity contribution < 1.29 is 18.3 Å². The summed E-state index contributed by atoms with van der Waals surface area (Å²) in [6.07, 6.45) is -4.55. The third-order valence-corrected chi connectivity index (χ3v) is 2.40. The van der Waals surface area contributed by atoms with Crippen LogP contribution in [0.25, 0.3) is 0 Å². The van der Waals surface area contributed by atoms with Gasteiger partial charge in [-0.15, -0.1) is 10.2 Å². The highest BCUT2D eigenvalue weighted by molar-refractivity contribution is 7.11.